The Labute approximate surface area is 51.0 Å². The van der Waals surface area contributed by atoms with Gasteiger partial charge in [-0.05, 0) is 13.3 Å². The maximum absolute atomic E-state index is 5.47. The molecular weight excluding hydrogens is 102 g/mol. The van der Waals surface area contributed by atoms with Gasteiger partial charge in [-0.2, -0.15) is 0 Å². The Kier molecular flexibility index (Phi) is 5.01. The molecule has 0 aromatic rings. The van der Waals surface area contributed by atoms with E-state index in [4.69, 9.17) is 10.5 Å². The molecule has 0 saturated carbocycles. The van der Waals surface area contributed by atoms with E-state index in [0.717, 1.165) is 19.4 Å². The smallest absolute Gasteiger partial charge is 0.105 e. The van der Waals surface area contributed by atoms with Gasteiger partial charge in [-0.15, -0.1) is 0 Å². The zero-order valence-electron chi connectivity index (χ0n) is 5.68. The molecule has 0 aromatic heterocycles. The number of hydrogen-bond donors (Lipinski definition) is 1. The summed E-state index contributed by atoms with van der Waals surface area (Å²) >= 11 is 0. The minimum Gasteiger partial charge on any atom is -0.364 e. The highest BCUT2D eigenvalue weighted by Gasteiger charge is 1.95. The van der Waals surface area contributed by atoms with Crippen LogP contribution in [0.2, 0.25) is 0 Å². The topological polar surface area (TPSA) is 35.2 Å². The number of rotatable bonds is 4. The first-order valence-corrected chi connectivity index (χ1v) is 3.18. The summed E-state index contributed by atoms with van der Waals surface area (Å²) in [6, 6.07) is 0. The molecule has 2 heteroatoms. The summed E-state index contributed by atoms with van der Waals surface area (Å²) in [5.41, 5.74) is 5.47. The van der Waals surface area contributed by atoms with Crippen molar-refractivity contribution in [3.63, 3.8) is 0 Å². The standard InChI is InChI=1S/C6H15NO/c1-3-5-6(7)8-4-2/h6H,3-5,7H2,1-2H3. The summed E-state index contributed by atoms with van der Waals surface area (Å²) in [7, 11) is 0. The van der Waals surface area contributed by atoms with Crippen molar-refractivity contribution < 1.29 is 4.74 Å². The van der Waals surface area contributed by atoms with Crippen molar-refractivity contribution in [1.29, 1.82) is 0 Å². The molecule has 0 aliphatic rings. The maximum Gasteiger partial charge on any atom is 0.105 e. The predicted molar refractivity (Wildman–Crippen MR) is 34.5 cm³/mol. The Morgan fingerprint density at radius 2 is 2.12 bits per heavy atom. The summed E-state index contributed by atoms with van der Waals surface area (Å²) < 4.78 is 5.06. The van der Waals surface area contributed by atoms with Gasteiger partial charge in [0.05, 0.1) is 0 Å². The third-order valence-electron chi connectivity index (χ3n) is 0.954. The van der Waals surface area contributed by atoms with Crippen LogP contribution in [0.4, 0.5) is 0 Å². The van der Waals surface area contributed by atoms with Gasteiger partial charge in [-0.25, -0.2) is 0 Å². The van der Waals surface area contributed by atoms with Gasteiger partial charge in [0.25, 0.3) is 0 Å². The van der Waals surface area contributed by atoms with Gasteiger partial charge in [0.15, 0.2) is 0 Å². The highest BCUT2D eigenvalue weighted by atomic mass is 16.5. The van der Waals surface area contributed by atoms with Crippen LogP contribution in [0.5, 0.6) is 0 Å². The Bertz CT molecular complexity index is 41.8. The van der Waals surface area contributed by atoms with Gasteiger partial charge in [0, 0.05) is 6.61 Å². The zero-order valence-corrected chi connectivity index (χ0v) is 5.68. The SMILES string of the molecule is CCCC(N)OCC. The van der Waals surface area contributed by atoms with E-state index in [2.05, 4.69) is 6.92 Å². The third kappa shape index (κ3) is 4.09. The van der Waals surface area contributed by atoms with E-state index in [-0.39, 0.29) is 6.23 Å². The van der Waals surface area contributed by atoms with Crippen LogP contribution < -0.4 is 5.73 Å². The Hall–Kier alpha value is -0.0800. The lowest BCUT2D eigenvalue weighted by Crippen LogP contribution is -2.22. The molecule has 0 amide bonds. The average Bonchev–Trinajstić information content (AvgIpc) is 1.68. The average molecular weight is 117 g/mol. The highest BCUT2D eigenvalue weighted by molar-refractivity contribution is 4.43. The summed E-state index contributed by atoms with van der Waals surface area (Å²) in [5.74, 6) is 0. The van der Waals surface area contributed by atoms with Gasteiger partial charge in [0.1, 0.15) is 6.23 Å². The molecule has 0 rings (SSSR count). The number of hydrogen-bond acceptors (Lipinski definition) is 2. The molecule has 0 aromatic carbocycles. The van der Waals surface area contributed by atoms with E-state index in [0.29, 0.717) is 0 Å². The zero-order chi connectivity index (χ0) is 6.41. The van der Waals surface area contributed by atoms with E-state index in [1.807, 2.05) is 6.92 Å². The van der Waals surface area contributed by atoms with E-state index < -0.39 is 0 Å². The van der Waals surface area contributed by atoms with Crippen LogP contribution in [0.3, 0.4) is 0 Å². The van der Waals surface area contributed by atoms with Crippen LogP contribution in [0.25, 0.3) is 0 Å². The lowest BCUT2D eigenvalue weighted by molar-refractivity contribution is 0.0611. The van der Waals surface area contributed by atoms with Crippen molar-refractivity contribution >= 4 is 0 Å². The van der Waals surface area contributed by atoms with E-state index in [1.54, 1.807) is 0 Å². The minimum absolute atomic E-state index is 0.0370. The quantitative estimate of drug-likeness (QED) is 0.560. The second-order valence-corrected chi connectivity index (χ2v) is 1.78. The van der Waals surface area contributed by atoms with Crippen molar-refractivity contribution in [3.05, 3.63) is 0 Å². The second kappa shape index (κ2) is 5.06. The first-order chi connectivity index (χ1) is 3.81. The van der Waals surface area contributed by atoms with Crippen molar-refractivity contribution in [2.24, 2.45) is 5.73 Å². The summed E-state index contributed by atoms with van der Waals surface area (Å²) in [5, 5.41) is 0. The van der Waals surface area contributed by atoms with E-state index in [1.165, 1.54) is 0 Å². The molecule has 50 valence electrons. The normalized spacial score (nSPS) is 13.9. The molecule has 1 atom stereocenters. The second-order valence-electron chi connectivity index (χ2n) is 1.78. The lowest BCUT2D eigenvalue weighted by atomic mass is 10.3. The predicted octanol–water partition coefficient (Wildman–Crippen LogP) is 1.11. The van der Waals surface area contributed by atoms with Crippen molar-refractivity contribution in [2.45, 2.75) is 32.9 Å². The molecule has 0 saturated heterocycles. The van der Waals surface area contributed by atoms with Crippen molar-refractivity contribution in [3.8, 4) is 0 Å². The van der Waals surface area contributed by atoms with Crippen LogP contribution in [0.15, 0.2) is 0 Å². The Morgan fingerprint density at radius 3 is 2.50 bits per heavy atom. The summed E-state index contributed by atoms with van der Waals surface area (Å²) in [6.45, 7) is 4.77. The van der Waals surface area contributed by atoms with Crippen molar-refractivity contribution in [1.82, 2.24) is 0 Å². The van der Waals surface area contributed by atoms with Crippen LogP contribution in [0, 0.1) is 0 Å². The van der Waals surface area contributed by atoms with E-state index >= 15 is 0 Å². The van der Waals surface area contributed by atoms with Gasteiger partial charge in [-0.1, -0.05) is 13.3 Å². The molecular formula is C6H15NO. The first kappa shape index (κ1) is 7.92. The molecule has 0 fully saturated rings. The van der Waals surface area contributed by atoms with E-state index in [9.17, 15) is 0 Å². The summed E-state index contributed by atoms with van der Waals surface area (Å²) in [6.07, 6.45) is 2.03. The van der Waals surface area contributed by atoms with Crippen LogP contribution in [-0.4, -0.2) is 12.8 Å². The molecule has 8 heavy (non-hydrogen) atoms. The molecule has 0 bridgehead atoms. The molecule has 0 heterocycles. The van der Waals surface area contributed by atoms with Crippen LogP contribution in [0.1, 0.15) is 26.7 Å². The Balaban J connectivity index is 2.92. The molecule has 1 unspecified atom stereocenters. The third-order valence-corrected chi connectivity index (χ3v) is 0.954. The van der Waals surface area contributed by atoms with Crippen molar-refractivity contribution in [2.75, 3.05) is 6.61 Å². The molecule has 0 aliphatic carbocycles. The molecule has 2 nitrogen and oxygen atoms in total. The Morgan fingerprint density at radius 1 is 1.50 bits per heavy atom. The molecule has 0 aliphatic heterocycles. The fourth-order valence-corrected chi connectivity index (χ4v) is 0.582. The molecule has 0 radical (unpaired) electrons. The first-order valence-electron chi connectivity index (χ1n) is 3.18. The molecule has 2 N–H and O–H groups in total. The van der Waals surface area contributed by atoms with Crippen LogP contribution >= 0.6 is 0 Å². The van der Waals surface area contributed by atoms with Gasteiger partial charge >= 0.3 is 0 Å². The van der Waals surface area contributed by atoms with Gasteiger partial charge in [0.2, 0.25) is 0 Å². The van der Waals surface area contributed by atoms with Gasteiger partial charge in [-0.3, -0.25) is 0 Å². The lowest BCUT2D eigenvalue weighted by Gasteiger charge is -2.08. The minimum atomic E-state index is -0.0370. The fourth-order valence-electron chi connectivity index (χ4n) is 0.582. The summed E-state index contributed by atoms with van der Waals surface area (Å²) in [4.78, 5) is 0. The maximum atomic E-state index is 5.47. The molecule has 0 spiro atoms. The van der Waals surface area contributed by atoms with Crippen LogP contribution in [-0.2, 0) is 4.74 Å². The monoisotopic (exact) mass is 117 g/mol. The number of nitrogens with two attached hydrogens (primary N) is 1. The largest absolute Gasteiger partial charge is 0.364 e. The fraction of sp³-hybridized carbons (Fsp3) is 1.00. The van der Waals surface area contributed by atoms with Gasteiger partial charge < -0.3 is 10.5 Å². The number of ether oxygens (including phenoxy) is 1. The highest BCUT2D eigenvalue weighted by Crippen LogP contribution is 1.93.